The van der Waals surface area contributed by atoms with E-state index < -0.39 is 0 Å². The molecule has 1 nitrogen and oxygen atoms in total. The summed E-state index contributed by atoms with van der Waals surface area (Å²) in [4.78, 5) is 0. The minimum absolute atomic E-state index is 0.310. The molecule has 9 heavy (non-hydrogen) atoms. The van der Waals surface area contributed by atoms with Crippen LogP contribution in [0.2, 0.25) is 0 Å². The van der Waals surface area contributed by atoms with E-state index in [4.69, 9.17) is 12.2 Å². The number of rotatable bonds is 4. The monoisotopic (exact) mass is 125 g/mol. The normalized spacial score (nSPS) is 12.6. The van der Waals surface area contributed by atoms with Crippen molar-refractivity contribution in [1.29, 1.82) is 0 Å². The maximum Gasteiger partial charge on any atom is 0.0322 e. The SMILES string of the molecule is C#CC(CN)CCCC. The van der Waals surface area contributed by atoms with Gasteiger partial charge in [-0.3, -0.25) is 0 Å². The zero-order valence-electron chi connectivity index (χ0n) is 6.06. The molecular weight excluding hydrogens is 110 g/mol. The fraction of sp³-hybridized carbons (Fsp3) is 0.750. The third-order valence-corrected chi connectivity index (χ3v) is 1.43. The molecule has 1 heteroatoms. The summed E-state index contributed by atoms with van der Waals surface area (Å²) in [5.74, 6) is 2.97. The summed E-state index contributed by atoms with van der Waals surface area (Å²) in [5.41, 5.74) is 5.38. The Morgan fingerprint density at radius 2 is 2.33 bits per heavy atom. The van der Waals surface area contributed by atoms with Crippen LogP contribution in [0.4, 0.5) is 0 Å². The molecular formula is C8H15N. The van der Waals surface area contributed by atoms with Gasteiger partial charge in [0.15, 0.2) is 0 Å². The summed E-state index contributed by atoms with van der Waals surface area (Å²) in [5, 5.41) is 0. The second-order valence-corrected chi connectivity index (χ2v) is 2.24. The van der Waals surface area contributed by atoms with Gasteiger partial charge in [-0.25, -0.2) is 0 Å². The summed E-state index contributed by atoms with van der Waals surface area (Å²) >= 11 is 0. The van der Waals surface area contributed by atoms with Crippen molar-refractivity contribution in [2.75, 3.05) is 6.54 Å². The van der Waals surface area contributed by atoms with Crippen LogP contribution in [-0.4, -0.2) is 6.54 Å². The molecule has 0 aromatic carbocycles. The first kappa shape index (κ1) is 8.52. The quantitative estimate of drug-likeness (QED) is 0.564. The number of terminal acetylenes is 1. The number of hydrogen-bond acceptors (Lipinski definition) is 1. The maximum absolute atomic E-state index is 5.38. The van der Waals surface area contributed by atoms with Gasteiger partial charge in [0.25, 0.3) is 0 Å². The molecule has 0 heterocycles. The van der Waals surface area contributed by atoms with E-state index in [9.17, 15) is 0 Å². The minimum atomic E-state index is 0.310. The number of unbranched alkanes of at least 4 members (excludes halogenated alkanes) is 1. The van der Waals surface area contributed by atoms with Crippen molar-refractivity contribution in [2.24, 2.45) is 11.7 Å². The second-order valence-electron chi connectivity index (χ2n) is 2.24. The molecule has 2 N–H and O–H groups in total. The number of hydrogen-bond donors (Lipinski definition) is 1. The summed E-state index contributed by atoms with van der Waals surface area (Å²) in [7, 11) is 0. The predicted octanol–water partition coefficient (Wildman–Crippen LogP) is 1.38. The van der Waals surface area contributed by atoms with Gasteiger partial charge in [-0.05, 0) is 6.42 Å². The third kappa shape index (κ3) is 4.05. The lowest BCUT2D eigenvalue weighted by molar-refractivity contribution is 0.580. The van der Waals surface area contributed by atoms with E-state index in [0.717, 1.165) is 6.42 Å². The fourth-order valence-electron chi connectivity index (χ4n) is 0.720. The Bertz CT molecular complexity index is 91.2. The van der Waals surface area contributed by atoms with E-state index in [2.05, 4.69) is 12.8 Å². The van der Waals surface area contributed by atoms with Crippen molar-refractivity contribution in [3.63, 3.8) is 0 Å². The average Bonchev–Trinajstić information content (AvgIpc) is 1.91. The highest BCUT2D eigenvalue weighted by Gasteiger charge is 1.98. The highest BCUT2D eigenvalue weighted by Crippen LogP contribution is 2.04. The first-order chi connectivity index (χ1) is 4.35. The van der Waals surface area contributed by atoms with Gasteiger partial charge in [-0.15, -0.1) is 12.3 Å². The smallest absolute Gasteiger partial charge is 0.0322 e. The Kier molecular flexibility index (Phi) is 5.35. The first-order valence-corrected chi connectivity index (χ1v) is 3.51. The molecule has 0 aromatic heterocycles. The zero-order valence-corrected chi connectivity index (χ0v) is 6.06. The molecule has 0 bridgehead atoms. The number of nitrogens with two attached hydrogens (primary N) is 1. The Morgan fingerprint density at radius 1 is 1.67 bits per heavy atom. The Morgan fingerprint density at radius 3 is 2.67 bits per heavy atom. The van der Waals surface area contributed by atoms with E-state index >= 15 is 0 Å². The van der Waals surface area contributed by atoms with E-state index in [1.54, 1.807) is 0 Å². The molecule has 1 unspecified atom stereocenters. The largest absolute Gasteiger partial charge is 0.329 e. The molecule has 0 radical (unpaired) electrons. The van der Waals surface area contributed by atoms with Crippen molar-refractivity contribution in [3.8, 4) is 12.3 Å². The van der Waals surface area contributed by atoms with Gasteiger partial charge in [0, 0.05) is 12.5 Å². The molecule has 0 saturated carbocycles. The molecule has 0 amide bonds. The van der Waals surface area contributed by atoms with Crippen LogP contribution in [0.1, 0.15) is 26.2 Å². The molecule has 0 aromatic rings. The van der Waals surface area contributed by atoms with Gasteiger partial charge in [-0.1, -0.05) is 19.8 Å². The molecule has 52 valence electrons. The van der Waals surface area contributed by atoms with Gasteiger partial charge in [0.2, 0.25) is 0 Å². The molecule has 0 aliphatic heterocycles. The van der Waals surface area contributed by atoms with Crippen LogP contribution in [0.3, 0.4) is 0 Å². The Hall–Kier alpha value is -0.480. The minimum Gasteiger partial charge on any atom is -0.329 e. The summed E-state index contributed by atoms with van der Waals surface area (Å²) in [6, 6.07) is 0. The van der Waals surface area contributed by atoms with Crippen molar-refractivity contribution in [1.82, 2.24) is 0 Å². The van der Waals surface area contributed by atoms with E-state index in [-0.39, 0.29) is 0 Å². The zero-order chi connectivity index (χ0) is 7.11. The van der Waals surface area contributed by atoms with Crippen LogP contribution in [0.15, 0.2) is 0 Å². The predicted molar refractivity (Wildman–Crippen MR) is 40.9 cm³/mol. The maximum atomic E-state index is 5.38. The summed E-state index contributed by atoms with van der Waals surface area (Å²) < 4.78 is 0. The van der Waals surface area contributed by atoms with Crippen molar-refractivity contribution in [2.45, 2.75) is 26.2 Å². The molecule has 1 atom stereocenters. The third-order valence-electron chi connectivity index (χ3n) is 1.43. The van der Waals surface area contributed by atoms with Gasteiger partial charge < -0.3 is 5.73 Å². The van der Waals surface area contributed by atoms with Crippen LogP contribution in [0, 0.1) is 18.3 Å². The molecule has 0 spiro atoms. The van der Waals surface area contributed by atoms with Crippen molar-refractivity contribution < 1.29 is 0 Å². The van der Waals surface area contributed by atoms with E-state index in [1.165, 1.54) is 12.8 Å². The van der Waals surface area contributed by atoms with E-state index in [1.807, 2.05) is 0 Å². The average molecular weight is 125 g/mol. The van der Waals surface area contributed by atoms with E-state index in [0.29, 0.717) is 12.5 Å². The van der Waals surface area contributed by atoms with Gasteiger partial charge in [0.1, 0.15) is 0 Å². The lowest BCUT2D eigenvalue weighted by atomic mass is 10.0. The van der Waals surface area contributed by atoms with Crippen molar-refractivity contribution >= 4 is 0 Å². The Balaban J connectivity index is 3.23. The highest BCUT2D eigenvalue weighted by atomic mass is 14.5. The van der Waals surface area contributed by atoms with Crippen LogP contribution >= 0.6 is 0 Å². The van der Waals surface area contributed by atoms with Crippen LogP contribution in [-0.2, 0) is 0 Å². The van der Waals surface area contributed by atoms with Crippen LogP contribution in [0.25, 0.3) is 0 Å². The van der Waals surface area contributed by atoms with Crippen LogP contribution < -0.4 is 5.73 Å². The second kappa shape index (κ2) is 5.65. The lowest BCUT2D eigenvalue weighted by Gasteiger charge is -2.03. The topological polar surface area (TPSA) is 26.0 Å². The molecule has 0 rings (SSSR count). The fourth-order valence-corrected chi connectivity index (χ4v) is 0.720. The highest BCUT2D eigenvalue weighted by molar-refractivity contribution is 4.93. The Labute approximate surface area is 57.6 Å². The molecule has 0 aliphatic carbocycles. The summed E-state index contributed by atoms with van der Waals surface area (Å²) in [6.45, 7) is 2.79. The van der Waals surface area contributed by atoms with Gasteiger partial charge in [0.05, 0.1) is 0 Å². The molecule has 0 saturated heterocycles. The van der Waals surface area contributed by atoms with Crippen LogP contribution in [0.5, 0.6) is 0 Å². The standard InChI is InChI=1S/C8H15N/c1-3-5-6-8(4-2)7-9/h2,8H,3,5-7,9H2,1H3. The lowest BCUT2D eigenvalue weighted by Crippen LogP contribution is -2.11. The first-order valence-electron chi connectivity index (χ1n) is 3.51. The molecule has 0 aliphatic rings. The summed E-state index contributed by atoms with van der Waals surface area (Å²) in [6.07, 6.45) is 8.69. The van der Waals surface area contributed by atoms with Crippen molar-refractivity contribution in [3.05, 3.63) is 0 Å². The van der Waals surface area contributed by atoms with Gasteiger partial charge >= 0.3 is 0 Å². The van der Waals surface area contributed by atoms with Gasteiger partial charge in [-0.2, -0.15) is 0 Å². The molecule has 0 fully saturated rings.